The summed E-state index contributed by atoms with van der Waals surface area (Å²) in [6.45, 7) is 0. The van der Waals surface area contributed by atoms with Crippen LogP contribution < -0.4 is 0 Å². The van der Waals surface area contributed by atoms with Gasteiger partial charge in [0.05, 0.1) is 11.0 Å². The van der Waals surface area contributed by atoms with E-state index in [1.165, 1.54) is 21.8 Å². The van der Waals surface area contributed by atoms with Crippen LogP contribution in [0.3, 0.4) is 0 Å². The van der Waals surface area contributed by atoms with Crippen molar-refractivity contribution in [3.05, 3.63) is 194 Å². The van der Waals surface area contributed by atoms with Crippen LogP contribution in [0.4, 0.5) is 0 Å². The number of hydrogen-bond donors (Lipinski definition) is 0. The average Bonchev–Trinajstić information content (AvgIpc) is 4.00. The first-order chi connectivity index (χ1) is 30.2. The Balaban J connectivity index is 0.997. The maximum absolute atomic E-state index is 6.55. The van der Waals surface area contributed by atoms with E-state index in [0.29, 0.717) is 17.5 Å². The van der Waals surface area contributed by atoms with Gasteiger partial charge in [-0.05, 0) is 94.7 Å². The Bertz CT molecular complexity index is 3900. The van der Waals surface area contributed by atoms with Crippen molar-refractivity contribution in [1.29, 1.82) is 0 Å². The SMILES string of the molecule is c1ccc(-n2c3ccccc3c3cc(-c4ccc5oc6cccc(-c7nc(-c8ccc9ccccc9c8)nc(-c8ccc9c(c8)oc8ccccc89)n7)c6c5c4)ccc32)cc1. The summed E-state index contributed by atoms with van der Waals surface area (Å²) in [5, 5.41) is 8.77. The lowest BCUT2D eigenvalue weighted by molar-refractivity contribution is 0.668. The highest BCUT2D eigenvalue weighted by Gasteiger charge is 2.20. The number of rotatable bonds is 5. The van der Waals surface area contributed by atoms with E-state index < -0.39 is 0 Å². The van der Waals surface area contributed by atoms with E-state index in [9.17, 15) is 0 Å². The second kappa shape index (κ2) is 13.1. The Morgan fingerprint density at radius 1 is 0.328 bits per heavy atom. The monoisotopic (exact) mass is 780 g/mol. The molecule has 9 aromatic carbocycles. The third-order valence-electron chi connectivity index (χ3n) is 12.0. The van der Waals surface area contributed by atoms with Crippen molar-refractivity contribution < 1.29 is 8.83 Å². The van der Waals surface area contributed by atoms with Crippen molar-refractivity contribution in [3.8, 4) is 51.0 Å². The topological polar surface area (TPSA) is 69.9 Å². The summed E-state index contributed by atoms with van der Waals surface area (Å²) in [7, 11) is 0. The number of furan rings is 2. The first-order valence-corrected chi connectivity index (χ1v) is 20.4. The van der Waals surface area contributed by atoms with Crippen LogP contribution in [0.5, 0.6) is 0 Å². The van der Waals surface area contributed by atoms with Gasteiger partial charge in [-0.2, -0.15) is 0 Å². The van der Waals surface area contributed by atoms with E-state index in [4.69, 9.17) is 23.8 Å². The van der Waals surface area contributed by atoms with Crippen LogP contribution >= 0.6 is 0 Å². The van der Waals surface area contributed by atoms with Crippen molar-refractivity contribution in [2.75, 3.05) is 0 Å². The average molecular weight is 781 g/mol. The maximum atomic E-state index is 6.55. The molecule has 284 valence electrons. The molecule has 0 aliphatic heterocycles. The summed E-state index contributed by atoms with van der Waals surface area (Å²) in [4.78, 5) is 15.6. The highest BCUT2D eigenvalue weighted by atomic mass is 16.3. The lowest BCUT2D eigenvalue weighted by atomic mass is 9.99. The number of benzene rings is 9. The Labute approximate surface area is 348 Å². The van der Waals surface area contributed by atoms with Crippen LogP contribution in [0.25, 0.3) is 127 Å². The normalized spacial score (nSPS) is 11.9. The molecule has 13 rings (SSSR count). The second-order valence-electron chi connectivity index (χ2n) is 15.6. The van der Waals surface area contributed by atoms with E-state index in [-0.39, 0.29) is 0 Å². The lowest BCUT2D eigenvalue weighted by Gasteiger charge is -2.10. The summed E-state index contributed by atoms with van der Waals surface area (Å²) in [6, 6.07) is 67.6. The fourth-order valence-electron chi connectivity index (χ4n) is 9.15. The summed E-state index contributed by atoms with van der Waals surface area (Å²) < 4.78 is 15.2. The fourth-order valence-corrected chi connectivity index (χ4v) is 9.15. The van der Waals surface area contributed by atoms with Crippen molar-refractivity contribution >= 4 is 76.5 Å². The van der Waals surface area contributed by atoms with Gasteiger partial charge in [-0.15, -0.1) is 0 Å². The molecule has 0 spiro atoms. The van der Waals surface area contributed by atoms with Crippen LogP contribution in [-0.2, 0) is 0 Å². The predicted molar refractivity (Wildman–Crippen MR) is 248 cm³/mol. The molecule has 4 heterocycles. The first kappa shape index (κ1) is 33.6. The van der Waals surface area contributed by atoms with Gasteiger partial charge < -0.3 is 13.4 Å². The Morgan fingerprint density at radius 2 is 0.934 bits per heavy atom. The minimum absolute atomic E-state index is 0.559. The van der Waals surface area contributed by atoms with Crippen molar-refractivity contribution in [2.45, 2.75) is 0 Å². The number of para-hydroxylation sites is 3. The second-order valence-corrected chi connectivity index (χ2v) is 15.6. The third kappa shape index (κ3) is 5.32. The lowest BCUT2D eigenvalue weighted by Crippen LogP contribution is -2.00. The van der Waals surface area contributed by atoms with Gasteiger partial charge in [0.1, 0.15) is 22.3 Å². The quantitative estimate of drug-likeness (QED) is 0.174. The molecule has 0 radical (unpaired) electrons. The summed E-state index contributed by atoms with van der Waals surface area (Å²) in [5.41, 5.74) is 11.5. The Hall–Kier alpha value is -8.35. The summed E-state index contributed by atoms with van der Waals surface area (Å²) in [6.07, 6.45) is 0. The standard InChI is InChI=1S/C55H32N4O2/c1-2-13-39(14-3-1)59-46-18-8-6-15-40(46)44-30-35(24-27-47(44)59)36-25-28-49-45(31-36)52-43(17-10-20-50(52)60-49)55-57-53(37-22-21-33-11-4-5-12-34(33)29-37)56-54(58-55)38-23-26-42-41-16-7-9-19-48(41)61-51(42)32-38/h1-32H. The van der Waals surface area contributed by atoms with E-state index in [1.54, 1.807) is 0 Å². The molecule has 0 saturated carbocycles. The molecule has 13 aromatic rings. The van der Waals surface area contributed by atoms with Gasteiger partial charge in [0.15, 0.2) is 17.5 Å². The first-order valence-electron chi connectivity index (χ1n) is 20.4. The molecule has 4 aromatic heterocycles. The van der Waals surface area contributed by atoms with E-state index in [1.807, 2.05) is 36.4 Å². The van der Waals surface area contributed by atoms with Crippen LogP contribution in [0.2, 0.25) is 0 Å². The summed E-state index contributed by atoms with van der Waals surface area (Å²) in [5.74, 6) is 1.71. The molecule has 0 fully saturated rings. The van der Waals surface area contributed by atoms with Gasteiger partial charge in [-0.25, -0.2) is 15.0 Å². The Kier molecular flexibility index (Phi) is 7.21. The molecule has 0 saturated heterocycles. The zero-order valence-corrected chi connectivity index (χ0v) is 32.6. The van der Waals surface area contributed by atoms with Gasteiger partial charge in [0.25, 0.3) is 0 Å². The van der Waals surface area contributed by atoms with Gasteiger partial charge in [-0.1, -0.05) is 121 Å². The minimum atomic E-state index is 0.559. The van der Waals surface area contributed by atoms with Crippen LogP contribution in [0, 0.1) is 0 Å². The van der Waals surface area contributed by atoms with Gasteiger partial charge in [-0.3, -0.25) is 0 Å². The fraction of sp³-hybridized carbons (Fsp3) is 0. The molecule has 0 unspecified atom stereocenters. The van der Waals surface area contributed by atoms with Gasteiger partial charge >= 0.3 is 0 Å². The minimum Gasteiger partial charge on any atom is -0.456 e. The molecule has 0 aliphatic carbocycles. The van der Waals surface area contributed by atoms with Crippen molar-refractivity contribution in [1.82, 2.24) is 19.5 Å². The highest BCUT2D eigenvalue weighted by molar-refractivity contribution is 6.14. The number of aromatic nitrogens is 4. The zero-order chi connectivity index (χ0) is 40.0. The van der Waals surface area contributed by atoms with E-state index in [0.717, 1.165) is 88.2 Å². The molecule has 0 amide bonds. The molecule has 0 N–H and O–H groups in total. The van der Waals surface area contributed by atoms with Crippen molar-refractivity contribution in [2.24, 2.45) is 0 Å². The molecule has 61 heavy (non-hydrogen) atoms. The van der Waals surface area contributed by atoms with Crippen molar-refractivity contribution in [3.63, 3.8) is 0 Å². The highest BCUT2D eigenvalue weighted by Crippen LogP contribution is 2.41. The molecule has 6 nitrogen and oxygen atoms in total. The molecular weight excluding hydrogens is 749 g/mol. The molecule has 6 heteroatoms. The molecule has 0 atom stereocenters. The van der Waals surface area contributed by atoms with Gasteiger partial charge in [0, 0.05) is 54.7 Å². The number of fused-ring (bicyclic) bond motifs is 10. The van der Waals surface area contributed by atoms with Crippen LogP contribution in [0.15, 0.2) is 203 Å². The molecular formula is C55H32N4O2. The number of hydrogen-bond acceptors (Lipinski definition) is 5. The predicted octanol–water partition coefficient (Wildman–Crippen LogP) is 14.6. The smallest absolute Gasteiger partial charge is 0.164 e. The third-order valence-corrected chi connectivity index (χ3v) is 12.0. The van der Waals surface area contributed by atoms with E-state index >= 15 is 0 Å². The van der Waals surface area contributed by atoms with Crippen LogP contribution in [-0.4, -0.2) is 19.5 Å². The molecule has 0 bridgehead atoms. The maximum Gasteiger partial charge on any atom is 0.164 e. The van der Waals surface area contributed by atoms with Gasteiger partial charge in [0.2, 0.25) is 0 Å². The summed E-state index contributed by atoms with van der Waals surface area (Å²) >= 11 is 0. The molecule has 0 aliphatic rings. The van der Waals surface area contributed by atoms with Crippen LogP contribution in [0.1, 0.15) is 0 Å². The van der Waals surface area contributed by atoms with E-state index in [2.05, 4.69) is 162 Å². The zero-order valence-electron chi connectivity index (χ0n) is 32.6. The number of nitrogens with zero attached hydrogens (tertiary/aromatic N) is 4. The Morgan fingerprint density at radius 3 is 1.82 bits per heavy atom. The largest absolute Gasteiger partial charge is 0.456 e.